The van der Waals surface area contributed by atoms with Gasteiger partial charge in [0.2, 0.25) is 0 Å². The van der Waals surface area contributed by atoms with Gasteiger partial charge in [0.25, 0.3) is 0 Å². The molecule has 1 aliphatic carbocycles. The second kappa shape index (κ2) is 19.4. The Morgan fingerprint density at radius 2 is 0.770 bits per heavy atom. The van der Waals surface area contributed by atoms with Gasteiger partial charge in [-0.3, -0.25) is 0 Å². The Balaban J connectivity index is 1.44. The molecule has 0 saturated carbocycles. The normalized spacial score (nSPS) is 12.6. The molecule has 8 rings (SSSR count). The number of benzene rings is 7. The van der Waals surface area contributed by atoms with Crippen molar-refractivity contribution in [3.63, 3.8) is 0 Å². The van der Waals surface area contributed by atoms with Gasteiger partial charge in [-0.15, -0.1) is 0 Å². The van der Waals surface area contributed by atoms with Gasteiger partial charge in [-0.05, 0) is 139 Å². The Morgan fingerprint density at radius 1 is 0.377 bits per heavy atom. The highest BCUT2D eigenvalue weighted by Gasteiger charge is 2.43. The first-order valence-electron chi connectivity index (χ1n) is 23.4. The minimum absolute atomic E-state index is 0.0561. The van der Waals surface area contributed by atoms with Crippen molar-refractivity contribution in [3.8, 4) is 72.5 Å². The van der Waals surface area contributed by atoms with E-state index in [4.69, 9.17) is 4.74 Å². The van der Waals surface area contributed by atoms with Gasteiger partial charge >= 0.3 is 0 Å². The van der Waals surface area contributed by atoms with Gasteiger partial charge in [-0.2, -0.15) is 0 Å². The van der Waals surface area contributed by atoms with Crippen molar-refractivity contribution in [1.29, 1.82) is 0 Å². The summed E-state index contributed by atoms with van der Waals surface area (Å²) in [4.78, 5) is 0. The molecule has 1 nitrogen and oxygen atoms in total. The quantitative estimate of drug-likeness (QED) is 0.0786. The topological polar surface area (TPSA) is 9.23 Å². The minimum atomic E-state index is -0.0561. The highest BCUT2D eigenvalue weighted by atomic mass is 16.5. The van der Waals surface area contributed by atoms with Crippen LogP contribution < -0.4 is 4.74 Å². The molecular weight excluding hydrogens is 737 g/mol. The first-order valence-corrected chi connectivity index (χ1v) is 23.4. The molecule has 0 radical (unpaired) electrons. The van der Waals surface area contributed by atoms with E-state index >= 15 is 0 Å². The van der Waals surface area contributed by atoms with Gasteiger partial charge in [0.05, 0.1) is 7.11 Å². The molecule has 7 aromatic rings. The van der Waals surface area contributed by atoms with Crippen molar-refractivity contribution in [3.05, 3.63) is 174 Å². The molecule has 0 aromatic heterocycles. The fraction of sp³-hybridized carbons (Fsp3) is 0.300. The molecule has 61 heavy (non-hydrogen) atoms. The largest absolute Gasteiger partial charge is 0.497 e. The third-order valence-electron chi connectivity index (χ3n) is 13.6. The van der Waals surface area contributed by atoms with Crippen LogP contribution in [-0.2, 0) is 18.3 Å². The molecular formula is C60H64O. The van der Waals surface area contributed by atoms with E-state index in [0.717, 1.165) is 18.6 Å². The maximum Gasteiger partial charge on any atom is 0.118 e. The van der Waals surface area contributed by atoms with Crippen LogP contribution in [0.1, 0.15) is 114 Å². The number of methoxy groups -OCH3 is 1. The predicted molar refractivity (Wildman–Crippen MR) is 263 cm³/mol. The standard InChI is InChI=1S/C60H64O/c1-6-10-12-23-39-60(40-24-13-11-7-2)54-41-47(43-25-17-14-18-26-43)33-37-52(54)53-38-34-48(42-55(53)60)59-51(9-4)57(45-29-21-16-22-30-45)56(44-27-19-15-20-28-44)50(8-3)58(59)46-31-35-49(61-5)36-32-46/h14-22,25-38,41-42H,6-13,23-24,39-40H2,1-5H3. The summed E-state index contributed by atoms with van der Waals surface area (Å²) in [5.41, 5.74) is 21.8. The molecule has 310 valence electrons. The molecule has 0 unspecified atom stereocenters. The van der Waals surface area contributed by atoms with Gasteiger partial charge in [0, 0.05) is 5.41 Å². The first-order chi connectivity index (χ1) is 30.1. The zero-order chi connectivity index (χ0) is 42.2. The number of unbranched alkanes of at least 4 members (excludes halogenated alkanes) is 6. The number of hydrogen-bond donors (Lipinski definition) is 0. The fourth-order valence-electron chi connectivity index (χ4n) is 10.6. The van der Waals surface area contributed by atoms with Crippen LogP contribution in [0.15, 0.2) is 152 Å². The summed E-state index contributed by atoms with van der Waals surface area (Å²) in [5.74, 6) is 0.879. The summed E-state index contributed by atoms with van der Waals surface area (Å²) in [6, 6.07) is 57.2. The zero-order valence-corrected chi connectivity index (χ0v) is 37.3. The van der Waals surface area contributed by atoms with Gasteiger partial charge in [0.15, 0.2) is 0 Å². The number of rotatable bonds is 18. The second-order valence-corrected chi connectivity index (χ2v) is 17.2. The van der Waals surface area contributed by atoms with Crippen LogP contribution in [0.4, 0.5) is 0 Å². The van der Waals surface area contributed by atoms with E-state index in [1.165, 1.54) is 148 Å². The van der Waals surface area contributed by atoms with E-state index < -0.39 is 0 Å². The van der Waals surface area contributed by atoms with Crippen LogP contribution in [0.25, 0.3) is 66.8 Å². The molecule has 0 aliphatic heterocycles. The molecule has 0 heterocycles. The summed E-state index contributed by atoms with van der Waals surface area (Å²) >= 11 is 0. The van der Waals surface area contributed by atoms with Crippen LogP contribution in [0, 0.1) is 0 Å². The smallest absolute Gasteiger partial charge is 0.118 e. The number of fused-ring (bicyclic) bond motifs is 3. The summed E-state index contributed by atoms with van der Waals surface area (Å²) < 4.78 is 5.73. The fourth-order valence-corrected chi connectivity index (χ4v) is 10.6. The van der Waals surface area contributed by atoms with Crippen LogP contribution in [-0.4, -0.2) is 7.11 Å². The Kier molecular flexibility index (Phi) is 13.4. The molecule has 0 saturated heterocycles. The van der Waals surface area contributed by atoms with Gasteiger partial charge in [-0.25, -0.2) is 0 Å². The van der Waals surface area contributed by atoms with Gasteiger partial charge in [0.1, 0.15) is 5.75 Å². The lowest BCUT2D eigenvalue weighted by Gasteiger charge is -2.34. The lowest BCUT2D eigenvalue weighted by atomic mass is 9.69. The van der Waals surface area contributed by atoms with Crippen molar-refractivity contribution < 1.29 is 4.74 Å². The van der Waals surface area contributed by atoms with E-state index in [1.54, 1.807) is 12.7 Å². The minimum Gasteiger partial charge on any atom is -0.497 e. The Bertz CT molecular complexity index is 2520. The van der Waals surface area contributed by atoms with Crippen molar-refractivity contribution in [2.45, 2.75) is 110 Å². The van der Waals surface area contributed by atoms with E-state index in [0.29, 0.717) is 0 Å². The molecule has 0 amide bonds. The van der Waals surface area contributed by atoms with Crippen molar-refractivity contribution in [2.75, 3.05) is 7.11 Å². The maximum absolute atomic E-state index is 5.73. The van der Waals surface area contributed by atoms with Crippen LogP contribution in [0.2, 0.25) is 0 Å². The van der Waals surface area contributed by atoms with E-state index in [1.807, 2.05) is 0 Å². The summed E-state index contributed by atoms with van der Waals surface area (Å²) in [6.07, 6.45) is 14.3. The predicted octanol–water partition coefficient (Wildman–Crippen LogP) is 17.4. The Hall–Kier alpha value is -5.66. The van der Waals surface area contributed by atoms with Crippen LogP contribution in [0.5, 0.6) is 5.75 Å². The Labute approximate surface area is 366 Å². The molecule has 1 heteroatoms. The van der Waals surface area contributed by atoms with Crippen molar-refractivity contribution >= 4 is 0 Å². The average Bonchev–Trinajstić information content (AvgIpc) is 3.59. The average molecular weight is 801 g/mol. The Morgan fingerprint density at radius 3 is 1.21 bits per heavy atom. The monoisotopic (exact) mass is 800 g/mol. The second-order valence-electron chi connectivity index (χ2n) is 17.2. The highest BCUT2D eigenvalue weighted by Crippen LogP contribution is 2.57. The first kappa shape index (κ1) is 42.0. The molecule has 0 bridgehead atoms. The maximum atomic E-state index is 5.73. The molecule has 0 atom stereocenters. The van der Waals surface area contributed by atoms with Crippen molar-refractivity contribution in [1.82, 2.24) is 0 Å². The SMILES string of the molecule is CCCCCCC1(CCCCCC)c2cc(-c3ccccc3)ccc2-c2ccc(-c3c(CC)c(-c4ccccc4)c(-c4ccccc4)c(CC)c3-c3ccc(OC)cc3)cc21. The molecule has 0 fully saturated rings. The lowest BCUT2D eigenvalue weighted by molar-refractivity contribution is 0.401. The zero-order valence-electron chi connectivity index (χ0n) is 37.3. The molecule has 7 aromatic carbocycles. The summed E-state index contributed by atoms with van der Waals surface area (Å²) in [5, 5.41) is 0. The highest BCUT2D eigenvalue weighted by molar-refractivity contribution is 6.02. The van der Waals surface area contributed by atoms with E-state index in [9.17, 15) is 0 Å². The summed E-state index contributed by atoms with van der Waals surface area (Å²) in [6.45, 7) is 9.38. The lowest BCUT2D eigenvalue weighted by Crippen LogP contribution is -2.25. The van der Waals surface area contributed by atoms with Crippen molar-refractivity contribution in [2.24, 2.45) is 0 Å². The van der Waals surface area contributed by atoms with E-state index in [2.05, 4.69) is 179 Å². The van der Waals surface area contributed by atoms with E-state index in [-0.39, 0.29) is 5.41 Å². The third kappa shape index (κ3) is 8.25. The number of hydrogen-bond acceptors (Lipinski definition) is 1. The molecule has 1 aliphatic rings. The van der Waals surface area contributed by atoms with Gasteiger partial charge < -0.3 is 4.74 Å². The molecule has 0 spiro atoms. The molecule has 0 N–H and O–H groups in total. The van der Waals surface area contributed by atoms with Gasteiger partial charge in [-0.1, -0.05) is 206 Å². The third-order valence-corrected chi connectivity index (χ3v) is 13.6. The number of ether oxygens (including phenoxy) is 1. The summed E-state index contributed by atoms with van der Waals surface area (Å²) in [7, 11) is 1.76. The van der Waals surface area contributed by atoms with Crippen LogP contribution >= 0.6 is 0 Å². The van der Waals surface area contributed by atoms with Crippen LogP contribution in [0.3, 0.4) is 0 Å².